The predicted octanol–water partition coefficient (Wildman–Crippen LogP) is 2.68. The van der Waals surface area contributed by atoms with Crippen molar-refractivity contribution in [2.75, 3.05) is 19.6 Å². The summed E-state index contributed by atoms with van der Waals surface area (Å²) in [6.45, 7) is 4.87. The first kappa shape index (κ1) is 17.6. The Kier molecular flexibility index (Phi) is 5.87. The van der Waals surface area contributed by atoms with E-state index in [1.165, 1.54) is 6.07 Å². The SMILES string of the molecule is CCN1CCC(NC(=O)NCc2ccccc2CC(F)(F)F)C1. The number of carbonyl (C=O) groups excluding carboxylic acids is 1. The zero-order valence-corrected chi connectivity index (χ0v) is 13.1. The van der Waals surface area contributed by atoms with E-state index in [9.17, 15) is 18.0 Å². The van der Waals surface area contributed by atoms with Crippen LogP contribution in [0.15, 0.2) is 24.3 Å². The van der Waals surface area contributed by atoms with Crippen LogP contribution in [0, 0.1) is 0 Å². The van der Waals surface area contributed by atoms with Crippen LogP contribution >= 0.6 is 0 Å². The average molecular weight is 329 g/mol. The molecule has 1 heterocycles. The molecule has 0 aromatic heterocycles. The Bertz CT molecular complexity index is 534. The number of nitrogens with zero attached hydrogens (tertiary/aromatic N) is 1. The maximum Gasteiger partial charge on any atom is 0.393 e. The van der Waals surface area contributed by atoms with Gasteiger partial charge in [-0.2, -0.15) is 13.2 Å². The second-order valence-corrected chi connectivity index (χ2v) is 5.77. The van der Waals surface area contributed by atoms with Crippen molar-refractivity contribution >= 4 is 6.03 Å². The topological polar surface area (TPSA) is 44.4 Å². The predicted molar refractivity (Wildman–Crippen MR) is 82.1 cm³/mol. The van der Waals surface area contributed by atoms with E-state index in [1.807, 2.05) is 0 Å². The van der Waals surface area contributed by atoms with Crippen LogP contribution in [0.5, 0.6) is 0 Å². The molecule has 2 N–H and O–H groups in total. The minimum atomic E-state index is -4.26. The van der Waals surface area contributed by atoms with Gasteiger partial charge in [-0.1, -0.05) is 31.2 Å². The van der Waals surface area contributed by atoms with Gasteiger partial charge in [-0.05, 0) is 24.1 Å². The number of likely N-dealkylation sites (tertiary alicyclic amines) is 1. The van der Waals surface area contributed by atoms with E-state index in [0.717, 1.165) is 26.1 Å². The Morgan fingerprint density at radius 2 is 2.00 bits per heavy atom. The maximum absolute atomic E-state index is 12.6. The Balaban J connectivity index is 1.85. The van der Waals surface area contributed by atoms with Crippen LogP contribution < -0.4 is 10.6 Å². The molecule has 0 bridgehead atoms. The van der Waals surface area contributed by atoms with Crippen molar-refractivity contribution in [3.05, 3.63) is 35.4 Å². The smallest absolute Gasteiger partial charge is 0.334 e. The molecule has 0 aliphatic carbocycles. The highest BCUT2D eigenvalue weighted by molar-refractivity contribution is 5.74. The second-order valence-electron chi connectivity index (χ2n) is 5.77. The number of carbonyl (C=O) groups is 1. The molecular weight excluding hydrogens is 307 g/mol. The first-order chi connectivity index (χ1) is 10.9. The molecule has 1 unspecified atom stereocenters. The van der Waals surface area contributed by atoms with Gasteiger partial charge in [0.05, 0.1) is 6.42 Å². The van der Waals surface area contributed by atoms with Gasteiger partial charge in [0.25, 0.3) is 0 Å². The third-order valence-electron chi connectivity index (χ3n) is 4.00. The fourth-order valence-electron chi connectivity index (χ4n) is 2.77. The summed E-state index contributed by atoms with van der Waals surface area (Å²) in [4.78, 5) is 14.1. The zero-order valence-electron chi connectivity index (χ0n) is 13.1. The number of likely N-dealkylation sites (N-methyl/N-ethyl adjacent to an activating group) is 1. The number of nitrogens with one attached hydrogen (secondary N) is 2. The Labute approximate surface area is 134 Å². The second kappa shape index (κ2) is 7.68. The van der Waals surface area contributed by atoms with Crippen LogP contribution in [0.1, 0.15) is 24.5 Å². The number of amides is 2. The molecule has 23 heavy (non-hydrogen) atoms. The summed E-state index contributed by atoms with van der Waals surface area (Å²) >= 11 is 0. The lowest BCUT2D eigenvalue weighted by molar-refractivity contribution is -0.127. The van der Waals surface area contributed by atoms with E-state index < -0.39 is 12.6 Å². The van der Waals surface area contributed by atoms with Crippen LogP contribution in [0.2, 0.25) is 0 Å². The molecule has 128 valence electrons. The summed E-state index contributed by atoms with van der Waals surface area (Å²) in [6.07, 6.45) is -4.35. The molecule has 1 aliphatic rings. The van der Waals surface area contributed by atoms with E-state index in [0.29, 0.717) is 5.56 Å². The molecule has 1 aliphatic heterocycles. The first-order valence-corrected chi connectivity index (χ1v) is 7.77. The molecule has 1 aromatic carbocycles. The average Bonchev–Trinajstić information content (AvgIpc) is 2.92. The standard InChI is InChI=1S/C16H22F3N3O/c1-2-22-8-7-14(11-22)21-15(23)20-10-13-6-4-3-5-12(13)9-16(17,18)19/h3-6,14H,2,7-11H2,1H3,(H2,20,21,23). The van der Waals surface area contributed by atoms with E-state index in [4.69, 9.17) is 0 Å². The van der Waals surface area contributed by atoms with Crippen molar-refractivity contribution in [2.45, 2.75) is 38.5 Å². The van der Waals surface area contributed by atoms with Crippen LogP contribution in [0.3, 0.4) is 0 Å². The van der Waals surface area contributed by atoms with Crippen LogP contribution in [0.4, 0.5) is 18.0 Å². The lowest BCUT2D eigenvalue weighted by Gasteiger charge is -2.16. The molecule has 2 rings (SSSR count). The fourth-order valence-corrected chi connectivity index (χ4v) is 2.77. The number of halogens is 3. The number of hydrogen-bond acceptors (Lipinski definition) is 2. The third kappa shape index (κ3) is 5.74. The molecule has 2 amide bonds. The number of hydrogen-bond donors (Lipinski definition) is 2. The van der Waals surface area contributed by atoms with E-state index in [1.54, 1.807) is 18.2 Å². The van der Waals surface area contributed by atoms with E-state index >= 15 is 0 Å². The van der Waals surface area contributed by atoms with Gasteiger partial charge in [0.2, 0.25) is 0 Å². The normalized spacial score (nSPS) is 18.9. The number of rotatable bonds is 5. The largest absolute Gasteiger partial charge is 0.393 e. The van der Waals surface area contributed by atoms with Crippen LogP contribution in [-0.2, 0) is 13.0 Å². The maximum atomic E-state index is 12.6. The van der Waals surface area contributed by atoms with Gasteiger partial charge in [-0.25, -0.2) is 4.79 Å². The van der Waals surface area contributed by atoms with Crippen molar-refractivity contribution in [1.29, 1.82) is 0 Å². The Morgan fingerprint density at radius 1 is 1.30 bits per heavy atom. The molecule has 1 atom stereocenters. The van der Waals surface area contributed by atoms with Crippen LogP contribution in [0.25, 0.3) is 0 Å². The molecule has 0 spiro atoms. The molecule has 0 radical (unpaired) electrons. The Morgan fingerprint density at radius 3 is 2.61 bits per heavy atom. The third-order valence-corrected chi connectivity index (χ3v) is 4.00. The van der Waals surface area contributed by atoms with Gasteiger partial charge in [0.1, 0.15) is 0 Å². The summed E-state index contributed by atoms with van der Waals surface area (Å²) in [5.74, 6) is 0. The van der Waals surface area contributed by atoms with Crippen molar-refractivity contribution in [2.24, 2.45) is 0 Å². The lowest BCUT2D eigenvalue weighted by atomic mass is 10.0. The number of alkyl halides is 3. The molecule has 1 aromatic rings. The summed E-state index contributed by atoms with van der Waals surface area (Å²) < 4.78 is 37.7. The summed E-state index contributed by atoms with van der Waals surface area (Å²) in [7, 11) is 0. The van der Waals surface area contributed by atoms with Gasteiger partial charge >= 0.3 is 12.2 Å². The van der Waals surface area contributed by atoms with Gasteiger partial charge < -0.3 is 15.5 Å². The van der Waals surface area contributed by atoms with Gasteiger partial charge in [0, 0.05) is 25.7 Å². The van der Waals surface area contributed by atoms with Crippen molar-refractivity contribution < 1.29 is 18.0 Å². The number of benzene rings is 1. The van der Waals surface area contributed by atoms with Crippen LogP contribution in [-0.4, -0.2) is 42.8 Å². The fraction of sp³-hybridized carbons (Fsp3) is 0.562. The van der Waals surface area contributed by atoms with Crippen molar-refractivity contribution in [1.82, 2.24) is 15.5 Å². The first-order valence-electron chi connectivity index (χ1n) is 7.77. The molecule has 7 heteroatoms. The molecule has 4 nitrogen and oxygen atoms in total. The van der Waals surface area contributed by atoms with Gasteiger partial charge in [0.15, 0.2) is 0 Å². The lowest BCUT2D eigenvalue weighted by Crippen LogP contribution is -2.43. The minimum absolute atomic E-state index is 0.0856. The summed E-state index contributed by atoms with van der Waals surface area (Å²) in [5.41, 5.74) is 0.680. The minimum Gasteiger partial charge on any atom is -0.334 e. The van der Waals surface area contributed by atoms with E-state index in [2.05, 4.69) is 22.5 Å². The van der Waals surface area contributed by atoms with E-state index in [-0.39, 0.29) is 24.2 Å². The highest BCUT2D eigenvalue weighted by Crippen LogP contribution is 2.23. The van der Waals surface area contributed by atoms with Crippen molar-refractivity contribution in [3.8, 4) is 0 Å². The Hall–Kier alpha value is -1.76. The molecular formula is C16H22F3N3O. The highest BCUT2D eigenvalue weighted by atomic mass is 19.4. The molecule has 0 saturated carbocycles. The quantitative estimate of drug-likeness (QED) is 0.872. The monoisotopic (exact) mass is 329 g/mol. The van der Waals surface area contributed by atoms with Gasteiger partial charge in [-0.15, -0.1) is 0 Å². The molecule has 1 saturated heterocycles. The van der Waals surface area contributed by atoms with Gasteiger partial charge in [-0.3, -0.25) is 0 Å². The number of urea groups is 1. The summed E-state index contributed by atoms with van der Waals surface area (Å²) in [6, 6.07) is 6.05. The molecule has 1 fully saturated rings. The zero-order chi connectivity index (χ0) is 16.9. The van der Waals surface area contributed by atoms with Crippen molar-refractivity contribution in [3.63, 3.8) is 0 Å². The summed E-state index contributed by atoms with van der Waals surface area (Å²) in [5, 5.41) is 5.52. The highest BCUT2D eigenvalue weighted by Gasteiger charge is 2.28.